The fraction of sp³-hybridized carbons (Fsp3) is 1.00. The molecule has 0 aromatic heterocycles. The summed E-state index contributed by atoms with van der Waals surface area (Å²) < 4.78 is 2.35. The van der Waals surface area contributed by atoms with E-state index in [9.17, 15) is 0 Å². The van der Waals surface area contributed by atoms with Crippen LogP contribution in [0.25, 0.3) is 0 Å². The van der Waals surface area contributed by atoms with Crippen molar-refractivity contribution in [1.82, 2.24) is 10.6 Å². The molecule has 0 saturated carbocycles. The van der Waals surface area contributed by atoms with Gasteiger partial charge in [0, 0.05) is 8.98 Å². The molecule has 2 nitrogen and oxygen atoms in total. The van der Waals surface area contributed by atoms with E-state index in [1.54, 1.807) is 0 Å². The Balaban J connectivity index is 2.81. The minimum absolute atomic E-state index is 1.08. The smallest absolute Gasteiger partial charge is 0.0479 e. The Labute approximate surface area is 122 Å². The maximum absolute atomic E-state index is 3.48. The summed E-state index contributed by atoms with van der Waals surface area (Å²) in [6, 6.07) is 0. The molecule has 0 atom stereocenters. The molecule has 92 valence electrons. The molecule has 2 N–H and O–H groups in total. The lowest BCUT2D eigenvalue weighted by molar-refractivity contribution is 0.566. The number of nitrogens with one attached hydrogen (secondary N) is 2. The van der Waals surface area contributed by atoms with Crippen LogP contribution in [0.15, 0.2) is 0 Å². The molecule has 0 bridgehead atoms. The second-order valence-corrected chi connectivity index (χ2v) is 5.54. The normalized spacial score (nSPS) is 10.8. The summed E-state index contributed by atoms with van der Waals surface area (Å²) >= 11 is 4.79. The Hall–Kier alpha value is 1.38. The summed E-state index contributed by atoms with van der Waals surface area (Å²) in [4.78, 5) is 0. The zero-order valence-corrected chi connectivity index (χ0v) is 13.8. The molecule has 0 heterocycles. The van der Waals surface area contributed by atoms with Crippen molar-refractivity contribution in [3.05, 3.63) is 0 Å². The molecule has 0 rings (SSSR count). The second-order valence-electron chi connectivity index (χ2n) is 3.69. The van der Waals surface area contributed by atoms with Crippen molar-refractivity contribution in [2.24, 2.45) is 0 Å². The van der Waals surface area contributed by atoms with Gasteiger partial charge in [-0.25, -0.2) is 0 Å². The van der Waals surface area contributed by atoms with E-state index in [0.717, 1.165) is 4.55 Å². The fourth-order valence-corrected chi connectivity index (χ4v) is 2.18. The van der Waals surface area contributed by atoms with E-state index in [2.05, 4.69) is 55.8 Å². The van der Waals surface area contributed by atoms with Crippen LogP contribution in [0.1, 0.15) is 38.5 Å². The largest absolute Gasteiger partial charge is 0.317 e. The minimum atomic E-state index is 1.08. The van der Waals surface area contributed by atoms with E-state index >= 15 is 0 Å². The van der Waals surface area contributed by atoms with Crippen LogP contribution in [0.5, 0.6) is 0 Å². The number of halogens is 2. The van der Waals surface area contributed by atoms with Gasteiger partial charge in [-0.2, -0.15) is 0 Å². The maximum atomic E-state index is 3.48. The third kappa shape index (κ3) is 15.4. The van der Waals surface area contributed by atoms with E-state index < -0.39 is 0 Å². The van der Waals surface area contributed by atoms with E-state index in [1.807, 2.05) is 0 Å². The number of rotatable bonds is 12. The highest BCUT2D eigenvalue weighted by Crippen LogP contribution is 2.01. The molecule has 0 radical (unpaired) electrons. The van der Waals surface area contributed by atoms with Crippen LogP contribution in [0, 0.1) is 0 Å². The SMILES string of the molecule is ICCCNCCCCCCCNCI. The Morgan fingerprint density at radius 2 is 1.13 bits per heavy atom. The van der Waals surface area contributed by atoms with Gasteiger partial charge in [0.15, 0.2) is 0 Å². The molecule has 0 aromatic carbocycles. The van der Waals surface area contributed by atoms with Gasteiger partial charge >= 0.3 is 0 Å². The van der Waals surface area contributed by atoms with Gasteiger partial charge in [-0.05, 0) is 38.9 Å². The molecule has 0 saturated heterocycles. The highest BCUT2D eigenvalue weighted by atomic mass is 127. The van der Waals surface area contributed by atoms with Gasteiger partial charge in [0.1, 0.15) is 0 Å². The summed E-state index contributed by atoms with van der Waals surface area (Å²) in [6.07, 6.45) is 8.17. The average Bonchev–Trinajstić information content (AvgIpc) is 2.26. The predicted octanol–water partition coefficient (Wildman–Crippen LogP) is 3.33. The number of hydrogen-bond donors (Lipinski definition) is 2. The summed E-state index contributed by atoms with van der Waals surface area (Å²) in [7, 11) is 0. The first-order chi connectivity index (χ1) is 7.41. The zero-order chi connectivity index (χ0) is 11.2. The molecule has 0 aliphatic rings. The van der Waals surface area contributed by atoms with E-state index in [1.165, 1.54) is 62.6 Å². The van der Waals surface area contributed by atoms with E-state index in [0.29, 0.717) is 0 Å². The molecule has 0 spiro atoms. The molecule has 0 amide bonds. The summed E-state index contributed by atoms with van der Waals surface area (Å²) in [6.45, 7) is 3.60. The lowest BCUT2D eigenvalue weighted by atomic mass is 10.1. The standard InChI is InChI=1S/C11H24I2N2/c12-7-6-10-14-8-4-2-1-3-5-9-15-11-13/h14-15H,1-11H2. The van der Waals surface area contributed by atoms with Crippen LogP contribution in [-0.4, -0.2) is 28.6 Å². The molecule has 0 aliphatic heterocycles. The maximum Gasteiger partial charge on any atom is 0.0479 e. The van der Waals surface area contributed by atoms with Crippen molar-refractivity contribution in [1.29, 1.82) is 0 Å². The lowest BCUT2D eigenvalue weighted by Crippen LogP contribution is -2.16. The molecule has 0 aromatic rings. The Morgan fingerprint density at radius 3 is 1.73 bits per heavy atom. The van der Waals surface area contributed by atoms with Crippen molar-refractivity contribution in [2.45, 2.75) is 38.5 Å². The summed E-state index contributed by atoms with van der Waals surface area (Å²) in [5, 5.41) is 6.83. The minimum Gasteiger partial charge on any atom is -0.317 e. The van der Waals surface area contributed by atoms with Gasteiger partial charge in [-0.1, -0.05) is 64.4 Å². The zero-order valence-electron chi connectivity index (χ0n) is 9.53. The first kappa shape index (κ1) is 16.4. The molecular weight excluding hydrogens is 414 g/mol. The fourth-order valence-electron chi connectivity index (χ4n) is 1.41. The van der Waals surface area contributed by atoms with Gasteiger partial charge in [0.05, 0.1) is 0 Å². The van der Waals surface area contributed by atoms with Gasteiger partial charge < -0.3 is 10.6 Å². The molecule has 0 aliphatic carbocycles. The van der Waals surface area contributed by atoms with E-state index in [4.69, 9.17) is 0 Å². The predicted molar refractivity (Wildman–Crippen MR) is 86.3 cm³/mol. The molecular formula is C11H24I2N2. The lowest BCUT2D eigenvalue weighted by Gasteiger charge is -2.04. The van der Waals surface area contributed by atoms with Crippen LogP contribution in [0.2, 0.25) is 0 Å². The van der Waals surface area contributed by atoms with Crippen molar-refractivity contribution in [3.8, 4) is 0 Å². The topological polar surface area (TPSA) is 24.1 Å². The first-order valence-electron chi connectivity index (χ1n) is 5.95. The van der Waals surface area contributed by atoms with Crippen LogP contribution >= 0.6 is 45.2 Å². The van der Waals surface area contributed by atoms with Crippen LogP contribution in [-0.2, 0) is 0 Å². The number of alkyl halides is 2. The Kier molecular flexibility index (Phi) is 16.8. The van der Waals surface area contributed by atoms with E-state index in [-0.39, 0.29) is 0 Å². The van der Waals surface area contributed by atoms with Crippen LogP contribution in [0.4, 0.5) is 0 Å². The molecule has 0 unspecified atom stereocenters. The third-order valence-electron chi connectivity index (χ3n) is 2.29. The van der Waals surface area contributed by atoms with Crippen LogP contribution < -0.4 is 10.6 Å². The van der Waals surface area contributed by atoms with Crippen LogP contribution in [0.3, 0.4) is 0 Å². The summed E-state index contributed by atoms with van der Waals surface area (Å²) in [5.74, 6) is 0. The third-order valence-corrected chi connectivity index (χ3v) is 3.59. The Morgan fingerprint density at radius 1 is 0.600 bits per heavy atom. The monoisotopic (exact) mass is 438 g/mol. The van der Waals surface area contributed by atoms with Gasteiger partial charge in [-0.3, -0.25) is 0 Å². The highest BCUT2D eigenvalue weighted by Gasteiger charge is 1.91. The number of hydrogen-bond acceptors (Lipinski definition) is 2. The quantitative estimate of drug-likeness (QED) is 0.212. The van der Waals surface area contributed by atoms with Gasteiger partial charge in [0.2, 0.25) is 0 Å². The Bertz CT molecular complexity index is 101. The summed E-state index contributed by atoms with van der Waals surface area (Å²) in [5.41, 5.74) is 0. The van der Waals surface area contributed by atoms with Crippen molar-refractivity contribution >= 4 is 45.2 Å². The molecule has 0 fully saturated rings. The average molecular weight is 438 g/mol. The van der Waals surface area contributed by atoms with Gasteiger partial charge in [0.25, 0.3) is 0 Å². The van der Waals surface area contributed by atoms with Crippen molar-refractivity contribution in [2.75, 3.05) is 28.6 Å². The first-order valence-corrected chi connectivity index (χ1v) is 9.00. The van der Waals surface area contributed by atoms with Gasteiger partial charge in [-0.15, -0.1) is 0 Å². The van der Waals surface area contributed by atoms with Crippen molar-refractivity contribution < 1.29 is 0 Å². The highest BCUT2D eigenvalue weighted by molar-refractivity contribution is 14.1. The second kappa shape index (κ2) is 15.4. The molecule has 4 heteroatoms. The number of unbranched alkanes of at least 4 members (excludes halogenated alkanes) is 4. The molecule has 15 heavy (non-hydrogen) atoms. The van der Waals surface area contributed by atoms with Crippen molar-refractivity contribution in [3.63, 3.8) is 0 Å².